The highest BCUT2D eigenvalue weighted by Gasteiger charge is 2.31. The molecular formula is C19H21N3O3. The van der Waals surface area contributed by atoms with E-state index in [2.05, 4.69) is 16.0 Å². The number of amides is 1. The van der Waals surface area contributed by atoms with Crippen LogP contribution < -0.4 is 5.56 Å². The van der Waals surface area contributed by atoms with Gasteiger partial charge in [-0.05, 0) is 49.4 Å². The third-order valence-corrected chi connectivity index (χ3v) is 4.96. The van der Waals surface area contributed by atoms with Crippen molar-refractivity contribution in [3.05, 3.63) is 62.8 Å². The number of rotatable bonds is 2. The van der Waals surface area contributed by atoms with E-state index in [4.69, 9.17) is 4.74 Å². The first kappa shape index (κ1) is 16.0. The highest BCUT2D eigenvalue weighted by molar-refractivity contribution is 5.95. The summed E-state index contributed by atoms with van der Waals surface area (Å²) in [6.45, 7) is 3.08. The summed E-state index contributed by atoms with van der Waals surface area (Å²) in [6, 6.07) is 7.12. The Morgan fingerprint density at radius 3 is 2.96 bits per heavy atom. The van der Waals surface area contributed by atoms with Crippen molar-refractivity contribution in [2.24, 2.45) is 0 Å². The van der Waals surface area contributed by atoms with Crippen molar-refractivity contribution in [3.63, 3.8) is 0 Å². The van der Waals surface area contributed by atoms with Gasteiger partial charge in [-0.15, -0.1) is 0 Å². The second-order valence-corrected chi connectivity index (χ2v) is 6.68. The molecule has 4 rings (SSSR count). The highest BCUT2D eigenvalue weighted by Crippen LogP contribution is 2.27. The monoisotopic (exact) mass is 339 g/mol. The second-order valence-electron chi connectivity index (χ2n) is 6.68. The topological polar surface area (TPSA) is 75.3 Å². The molecule has 1 atom stereocenters. The maximum atomic E-state index is 13.1. The largest absolute Gasteiger partial charge is 0.377 e. The van der Waals surface area contributed by atoms with Crippen LogP contribution in [-0.2, 0) is 17.6 Å². The number of H-pyrrole nitrogens is 1. The van der Waals surface area contributed by atoms with Crippen molar-refractivity contribution in [3.8, 4) is 0 Å². The summed E-state index contributed by atoms with van der Waals surface area (Å²) in [5.74, 6) is 0.515. The SMILES string of the molecule is Cc1nc([C@@H]2COCCN2C(=O)c2ccc3c(c2)CCC3)cc(=O)[nH]1. The number of aromatic amines is 1. The number of nitrogens with zero attached hydrogens (tertiary/aromatic N) is 2. The van der Waals surface area contributed by atoms with Gasteiger partial charge in [0.05, 0.1) is 24.9 Å². The number of morpholine rings is 1. The molecule has 0 spiro atoms. The predicted molar refractivity (Wildman–Crippen MR) is 92.7 cm³/mol. The molecule has 2 aromatic rings. The molecule has 130 valence electrons. The molecular weight excluding hydrogens is 318 g/mol. The molecule has 0 unspecified atom stereocenters. The fourth-order valence-corrected chi connectivity index (χ4v) is 3.74. The fraction of sp³-hybridized carbons (Fsp3) is 0.421. The number of benzene rings is 1. The van der Waals surface area contributed by atoms with E-state index < -0.39 is 0 Å². The highest BCUT2D eigenvalue weighted by atomic mass is 16.5. The summed E-state index contributed by atoms with van der Waals surface area (Å²) in [7, 11) is 0. The Bertz CT molecular complexity index is 874. The van der Waals surface area contributed by atoms with Crippen LogP contribution in [0.25, 0.3) is 0 Å². The van der Waals surface area contributed by atoms with E-state index in [1.165, 1.54) is 17.2 Å². The molecule has 1 amide bonds. The number of hydrogen-bond donors (Lipinski definition) is 1. The Hall–Kier alpha value is -2.47. The average Bonchev–Trinajstić information content (AvgIpc) is 3.08. The lowest BCUT2D eigenvalue weighted by Gasteiger charge is -2.35. The minimum atomic E-state index is -0.337. The van der Waals surface area contributed by atoms with Crippen LogP contribution in [0, 0.1) is 6.92 Å². The van der Waals surface area contributed by atoms with Crippen LogP contribution in [0.2, 0.25) is 0 Å². The Kier molecular flexibility index (Phi) is 4.13. The van der Waals surface area contributed by atoms with E-state index in [-0.39, 0.29) is 17.5 Å². The zero-order valence-corrected chi connectivity index (χ0v) is 14.2. The van der Waals surface area contributed by atoms with Crippen molar-refractivity contribution >= 4 is 5.91 Å². The van der Waals surface area contributed by atoms with Crippen LogP contribution in [0.5, 0.6) is 0 Å². The van der Waals surface area contributed by atoms with Gasteiger partial charge in [-0.25, -0.2) is 4.98 Å². The number of fused-ring (bicyclic) bond motifs is 1. The van der Waals surface area contributed by atoms with Crippen molar-refractivity contribution in [1.29, 1.82) is 0 Å². The van der Waals surface area contributed by atoms with Crippen molar-refractivity contribution in [1.82, 2.24) is 14.9 Å². The Labute approximate surface area is 145 Å². The molecule has 1 fully saturated rings. The van der Waals surface area contributed by atoms with Crippen LogP contribution in [-0.4, -0.2) is 40.5 Å². The number of aryl methyl sites for hydroxylation is 3. The maximum Gasteiger partial charge on any atom is 0.254 e. The quantitative estimate of drug-likeness (QED) is 0.905. The summed E-state index contributed by atoms with van der Waals surface area (Å²) in [5, 5.41) is 0. The lowest BCUT2D eigenvalue weighted by molar-refractivity contribution is -0.00401. The number of aromatic nitrogens is 2. The summed E-state index contributed by atoms with van der Waals surface area (Å²) in [4.78, 5) is 33.7. The van der Waals surface area contributed by atoms with Gasteiger partial charge < -0.3 is 14.6 Å². The second kappa shape index (κ2) is 6.44. The standard InChI is InChI=1S/C19H21N3O3/c1-12-20-16(10-18(23)21-12)17-11-25-8-7-22(17)19(24)15-6-5-13-3-2-4-14(13)9-15/h5-6,9-10,17H,2-4,7-8,11H2,1H3,(H,20,21,23)/t17-/m0/s1. The number of hydrogen-bond acceptors (Lipinski definition) is 4. The molecule has 1 aromatic carbocycles. The molecule has 2 aliphatic rings. The lowest BCUT2D eigenvalue weighted by Crippen LogP contribution is -2.44. The number of nitrogens with one attached hydrogen (secondary N) is 1. The molecule has 6 nitrogen and oxygen atoms in total. The zero-order valence-electron chi connectivity index (χ0n) is 14.2. The van der Waals surface area contributed by atoms with Crippen molar-refractivity contribution in [2.45, 2.75) is 32.2 Å². The summed E-state index contributed by atoms with van der Waals surface area (Å²) in [6.07, 6.45) is 3.29. The molecule has 1 aromatic heterocycles. The third kappa shape index (κ3) is 3.09. The molecule has 1 aliphatic heterocycles. The van der Waals surface area contributed by atoms with Gasteiger partial charge in [0.25, 0.3) is 11.5 Å². The molecule has 0 saturated carbocycles. The maximum absolute atomic E-state index is 13.1. The van der Waals surface area contributed by atoms with Crippen molar-refractivity contribution < 1.29 is 9.53 Å². The van der Waals surface area contributed by atoms with Gasteiger partial charge in [-0.2, -0.15) is 0 Å². The Morgan fingerprint density at radius 1 is 1.28 bits per heavy atom. The molecule has 2 heterocycles. The van der Waals surface area contributed by atoms with Crippen LogP contribution >= 0.6 is 0 Å². The first-order valence-electron chi connectivity index (χ1n) is 8.70. The molecule has 0 radical (unpaired) electrons. The number of carbonyl (C=O) groups is 1. The molecule has 1 N–H and O–H groups in total. The Morgan fingerprint density at radius 2 is 2.12 bits per heavy atom. The van der Waals surface area contributed by atoms with Gasteiger partial charge >= 0.3 is 0 Å². The number of ether oxygens (including phenoxy) is 1. The third-order valence-electron chi connectivity index (χ3n) is 4.96. The van der Waals surface area contributed by atoms with Gasteiger partial charge in [-0.1, -0.05) is 6.07 Å². The van der Waals surface area contributed by atoms with Gasteiger partial charge in [-0.3, -0.25) is 9.59 Å². The van der Waals surface area contributed by atoms with E-state index in [1.807, 2.05) is 12.1 Å². The van der Waals surface area contributed by atoms with Gasteiger partial charge in [0, 0.05) is 18.2 Å². The molecule has 0 bridgehead atoms. The first-order valence-corrected chi connectivity index (χ1v) is 8.70. The van der Waals surface area contributed by atoms with Gasteiger partial charge in [0.15, 0.2) is 0 Å². The van der Waals surface area contributed by atoms with E-state index in [1.54, 1.807) is 11.8 Å². The van der Waals surface area contributed by atoms with Crippen LogP contribution in [0.1, 0.15) is 45.5 Å². The normalized spacial score (nSPS) is 19.7. The van der Waals surface area contributed by atoms with E-state index in [0.717, 1.165) is 19.3 Å². The summed E-state index contributed by atoms with van der Waals surface area (Å²) >= 11 is 0. The van der Waals surface area contributed by atoms with E-state index in [0.29, 0.717) is 36.8 Å². The van der Waals surface area contributed by atoms with E-state index in [9.17, 15) is 9.59 Å². The smallest absolute Gasteiger partial charge is 0.254 e. The molecule has 1 aliphatic carbocycles. The van der Waals surface area contributed by atoms with Crippen molar-refractivity contribution in [2.75, 3.05) is 19.8 Å². The fourth-order valence-electron chi connectivity index (χ4n) is 3.74. The summed E-state index contributed by atoms with van der Waals surface area (Å²) in [5.41, 5.74) is 3.70. The minimum absolute atomic E-state index is 0.0252. The first-order chi connectivity index (χ1) is 12.1. The predicted octanol–water partition coefficient (Wildman–Crippen LogP) is 1.78. The number of carbonyl (C=O) groups excluding carboxylic acids is 1. The molecule has 25 heavy (non-hydrogen) atoms. The van der Waals surface area contributed by atoms with Crippen LogP contribution in [0.3, 0.4) is 0 Å². The van der Waals surface area contributed by atoms with Crippen LogP contribution in [0.4, 0.5) is 0 Å². The zero-order chi connectivity index (χ0) is 17.4. The van der Waals surface area contributed by atoms with Gasteiger partial charge in [0.1, 0.15) is 5.82 Å². The minimum Gasteiger partial charge on any atom is -0.377 e. The lowest BCUT2D eigenvalue weighted by atomic mass is 10.0. The average molecular weight is 339 g/mol. The Balaban J connectivity index is 1.66. The van der Waals surface area contributed by atoms with Crippen LogP contribution in [0.15, 0.2) is 29.1 Å². The molecule has 1 saturated heterocycles. The summed E-state index contributed by atoms with van der Waals surface area (Å²) < 4.78 is 5.56. The van der Waals surface area contributed by atoms with E-state index >= 15 is 0 Å². The van der Waals surface area contributed by atoms with Gasteiger partial charge in [0.2, 0.25) is 0 Å². The molecule has 6 heteroatoms.